The summed E-state index contributed by atoms with van der Waals surface area (Å²) in [7, 11) is 3.76. The molecule has 0 radical (unpaired) electrons. The molecule has 0 aliphatic carbocycles. The Hall–Kier alpha value is -0.640. The zero-order valence-electron chi connectivity index (χ0n) is 9.40. The summed E-state index contributed by atoms with van der Waals surface area (Å²) in [6.45, 7) is 3.62. The highest BCUT2D eigenvalue weighted by atomic mass is 35.5. The van der Waals surface area contributed by atoms with E-state index in [1.54, 1.807) is 13.3 Å². The summed E-state index contributed by atoms with van der Waals surface area (Å²) in [5.41, 5.74) is 1.05. The topological polar surface area (TPSA) is 25.4 Å². The van der Waals surface area contributed by atoms with Gasteiger partial charge in [0.2, 0.25) is 0 Å². The van der Waals surface area contributed by atoms with E-state index in [2.05, 4.69) is 16.8 Å². The first-order valence-corrected chi connectivity index (χ1v) is 5.31. The van der Waals surface area contributed by atoms with Crippen LogP contribution in [0.25, 0.3) is 0 Å². The summed E-state index contributed by atoms with van der Waals surface area (Å²) in [4.78, 5) is 6.23. The molecule has 0 N–H and O–H groups in total. The van der Waals surface area contributed by atoms with Gasteiger partial charge in [-0.25, -0.2) is 4.98 Å². The number of rotatable bonds is 5. The van der Waals surface area contributed by atoms with Crippen LogP contribution in [0.3, 0.4) is 0 Å². The fourth-order valence-corrected chi connectivity index (χ4v) is 1.51. The monoisotopic (exact) mass is 228 g/mol. The molecule has 0 bridgehead atoms. The molecular formula is C11H17ClN2O. The van der Waals surface area contributed by atoms with E-state index in [-0.39, 0.29) is 0 Å². The SMILES string of the molecule is COCC(C)N(C)Cc1cccnc1Cl. The standard InChI is InChI=1S/C11H17ClN2O/c1-9(8-15-3)14(2)7-10-5-4-6-13-11(10)12/h4-6,9H,7-8H2,1-3H3. The predicted molar refractivity (Wildman–Crippen MR) is 62.1 cm³/mol. The van der Waals surface area contributed by atoms with Crippen LogP contribution in [0.4, 0.5) is 0 Å². The Balaban J connectivity index is 2.58. The minimum Gasteiger partial charge on any atom is -0.383 e. The Morgan fingerprint density at radius 3 is 2.93 bits per heavy atom. The lowest BCUT2D eigenvalue weighted by atomic mass is 10.2. The maximum atomic E-state index is 5.98. The van der Waals surface area contributed by atoms with Gasteiger partial charge in [-0.15, -0.1) is 0 Å². The molecule has 0 amide bonds. The van der Waals surface area contributed by atoms with Crippen LogP contribution in [0, 0.1) is 0 Å². The van der Waals surface area contributed by atoms with E-state index in [4.69, 9.17) is 16.3 Å². The molecule has 0 saturated heterocycles. The first-order valence-electron chi connectivity index (χ1n) is 4.93. The smallest absolute Gasteiger partial charge is 0.133 e. The lowest BCUT2D eigenvalue weighted by Gasteiger charge is -2.24. The van der Waals surface area contributed by atoms with Gasteiger partial charge in [-0.2, -0.15) is 0 Å². The highest BCUT2D eigenvalue weighted by molar-refractivity contribution is 6.30. The third-order valence-corrected chi connectivity index (χ3v) is 2.76. The molecule has 0 aromatic carbocycles. The number of hydrogen-bond acceptors (Lipinski definition) is 3. The van der Waals surface area contributed by atoms with E-state index < -0.39 is 0 Å². The number of methoxy groups -OCH3 is 1. The first kappa shape index (κ1) is 12.4. The zero-order valence-corrected chi connectivity index (χ0v) is 10.2. The Bertz CT molecular complexity index is 306. The average Bonchev–Trinajstić information content (AvgIpc) is 2.21. The van der Waals surface area contributed by atoms with Gasteiger partial charge in [0.05, 0.1) is 6.61 Å². The summed E-state index contributed by atoms with van der Waals surface area (Å²) in [6.07, 6.45) is 1.70. The molecule has 84 valence electrons. The Kier molecular flexibility index (Phi) is 5.02. The first-order chi connectivity index (χ1) is 7.15. The van der Waals surface area contributed by atoms with Gasteiger partial charge >= 0.3 is 0 Å². The quantitative estimate of drug-likeness (QED) is 0.723. The molecule has 1 aromatic rings. The van der Waals surface area contributed by atoms with Crippen molar-refractivity contribution in [2.45, 2.75) is 19.5 Å². The Morgan fingerprint density at radius 2 is 2.33 bits per heavy atom. The Morgan fingerprint density at radius 1 is 1.60 bits per heavy atom. The summed E-state index contributed by atoms with van der Waals surface area (Å²) in [5, 5.41) is 0.578. The molecule has 1 aromatic heterocycles. The van der Waals surface area contributed by atoms with Crippen molar-refractivity contribution in [3.05, 3.63) is 29.0 Å². The van der Waals surface area contributed by atoms with Crippen molar-refractivity contribution in [2.24, 2.45) is 0 Å². The van der Waals surface area contributed by atoms with Gasteiger partial charge in [0.15, 0.2) is 0 Å². The number of pyridine rings is 1. The maximum Gasteiger partial charge on any atom is 0.133 e. The van der Waals surface area contributed by atoms with E-state index in [9.17, 15) is 0 Å². The van der Waals surface area contributed by atoms with Crippen molar-refractivity contribution in [1.29, 1.82) is 0 Å². The molecule has 1 atom stereocenters. The van der Waals surface area contributed by atoms with Crippen molar-refractivity contribution >= 4 is 11.6 Å². The molecule has 15 heavy (non-hydrogen) atoms. The van der Waals surface area contributed by atoms with E-state index in [0.29, 0.717) is 17.8 Å². The lowest BCUT2D eigenvalue weighted by Crippen LogP contribution is -2.32. The molecule has 4 heteroatoms. The van der Waals surface area contributed by atoms with Gasteiger partial charge in [0.25, 0.3) is 0 Å². The van der Waals surface area contributed by atoms with Crippen LogP contribution in [-0.2, 0) is 11.3 Å². The predicted octanol–water partition coefficient (Wildman–Crippen LogP) is 2.20. The van der Waals surface area contributed by atoms with Crippen LogP contribution >= 0.6 is 11.6 Å². The highest BCUT2D eigenvalue weighted by Gasteiger charge is 2.10. The lowest BCUT2D eigenvalue weighted by molar-refractivity contribution is 0.112. The molecule has 1 heterocycles. The summed E-state index contributed by atoms with van der Waals surface area (Å²) < 4.78 is 5.10. The third kappa shape index (κ3) is 3.78. The number of ether oxygens (including phenoxy) is 1. The second-order valence-corrected chi connectivity index (χ2v) is 4.03. The van der Waals surface area contributed by atoms with Gasteiger partial charge in [-0.1, -0.05) is 17.7 Å². The minimum absolute atomic E-state index is 0.367. The van der Waals surface area contributed by atoms with Crippen molar-refractivity contribution < 1.29 is 4.74 Å². The number of likely N-dealkylation sites (N-methyl/N-ethyl adjacent to an activating group) is 1. The molecule has 0 aliphatic heterocycles. The molecule has 0 fully saturated rings. The van der Waals surface area contributed by atoms with E-state index in [1.165, 1.54) is 0 Å². The fraction of sp³-hybridized carbons (Fsp3) is 0.545. The third-order valence-electron chi connectivity index (χ3n) is 2.42. The summed E-state index contributed by atoms with van der Waals surface area (Å²) >= 11 is 5.98. The molecule has 1 rings (SSSR count). The molecule has 1 unspecified atom stereocenters. The normalized spacial score (nSPS) is 13.1. The number of hydrogen-bond donors (Lipinski definition) is 0. The second kappa shape index (κ2) is 6.05. The second-order valence-electron chi connectivity index (χ2n) is 3.67. The Labute approximate surface area is 96.0 Å². The molecule has 0 saturated carbocycles. The number of aromatic nitrogens is 1. The molecule has 0 aliphatic rings. The van der Waals surface area contributed by atoms with Gasteiger partial charge in [-0.3, -0.25) is 4.90 Å². The van der Waals surface area contributed by atoms with E-state index in [1.807, 2.05) is 19.2 Å². The van der Waals surface area contributed by atoms with Gasteiger partial charge in [0.1, 0.15) is 5.15 Å². The minimum atomic E-state index is 0.367. The molecule has 3 nitrogen and oxygen atoms in total. The fourth-order valence-electron chi connectivity index (χ4n) is 1.33. The number of halogens is 1. The average molecular weight is 229 g/mol. The zero-order chi connectivity index (χ0) is 11.3. The van der Waals surface area contributed by atoms with Crippen LogP contribution in [-0.4, -0.2) is 36.7 Å². The van der Waals surface area contributed by atoms with E-state index >= 15 is 0 Å². The van der Waals surface area contributed by atoms with E-state index in [0.717, 1.165) is 12.1 Å². The largest absolute Gasteiger partial charge is 0.383 e. The van der Waals surface area contributed by atoms with Crippen LogP contribution in [0.15, 0.2) is 18.3 Å². The highest BCUT2D eigenvalue weighted by Crippen LogP contribution is 2.14. The summed E-state index contributed by atoms with van der Waals surface area (Å²) in [5.74, 6) is 0. The number of nitrogens with zero attached hydrogens (tertiary/aromatic N) is 2. The van der Waals surface area contributed by atoms with Gasteiger partial charge in [0, 0.05) is 31.5 Å². The molecular weight excluding hydrogens is 212 g/mol. The van der Waals surface area contributed by atoms with Crippen molar-refractivity contribution in [1.82, 2.24) is 9.88 Å². The van der Waals surface area contributed by atoms with Gasteiger partial charge < -0.3 is 4.74 Å². The summed E-state index contributed by atoms with van der Waals surface area (Å²) in [6, 6.07) is 4.26. The van der Waals surface area contributed by atoms with Crippen molar-refractivity contribution in [3.63, 3.8) is 0 Å². The van der Waals surface area contributed by atoms with Crippen LogP contribution in [0.1, 0.15) is 12.5 Å². The van der Waals surface area contributed by atoms with Crippen LogP contribution in [0.2, 0.25) is 5.15 Å². The van der Waals surface area contributed by atoms with Gasteiger partial charge in [-0.05, 0) is 20.0 Å². The van der Waals surface area contributed by atoms with Crippen molar-refractivity contribution in [2.75, 3.05) is 20.8 Å². The van der Waals surface area contributed by atoms with Crippen LogP contribution < -0.4 is 0 Å². The maximum absolute atomic E-state index is 5.98. The van der Waals surface area contributed by atoms with Crippen LogP contribution in [0.5, 0.6) is 0 Å². The van der Waals surface area contributed by atoms with Crippen molar-refractivity contribution in [3.8, 4) is 0 Å². The molecule has 0 spiro atoms.